The molecule has 1 amide bonds. The van der Waals surface area contributed by atoms with Gasteiger partial charge >= 0.3 is 11.9 Å². The van der Waals surface area contributed by atoms with E-state index in [4.69, 9.17) is 15.9 Å². The fourth-order valence-corrected chi connectivity index (χ4v) is 2.20. The van der Waals surface area contributed by atoms with Gasteiger partial charge in [-0.3, -0.25) is 13.8 Å². The van der Waals surface area contributed by atoms with Crippen molar-refractivity contribution in [2.75, 3.05) is 5.75 Å². The highest BCUT2D eigenvalue weighted by molar-refractivity contribution is 7.88. The van der Waals surface area contributed by atoms with Crippen LogP contribution in [0.15, 0.2) is 11.5 Å². The molecule has 3 unspecified atom stereocenters. The molecule has 5 N–H and O–H groups in total. The number of carboxylic acids is 2. The van der Waals surface area contributed by atoms with Crippen LogP contribution < -0.4 is 11.1 Å². The largest absolute Gasteiger partial charge is 0.481 e. The number of nitrogens with two attached hydrogens (primary N) is 1. The number of amides is 1. The van der Waals surface area contributed by atoms with Crippen LogP contribution in [0.1, 0.15) is 19.8 Å². The lowest BCUT2D eigenvalue weighted by molar-refractivity contribution is -0.141. The highest BCUT2D eigenvalue weighted by atomic mass is 32.2. The third-order valence-corrected chi connectivity index (χ3v) is 3.48. The van der Waals surface area contributed by atoms with Gasteiger partial charge in [0.1, 0.15) is 6.04 Å². The number of carbonyl (C=O) groups is 3. The average molecular weight is 306 g/mol. The Morgan fingerprint density at radius 1 is 1.35 bits per heavy atom. The average Bonchev–Trinajstić information content (AvgIpc) is 2.34. The van der Waals surface area contributed by atoms with Crippen LogP contribution in [0.5, 0.6) is 0 Å². The molecule has 0 aromatic carbocycles. The number of carbonyl (C=O) groups excluding carboxylic acids is 1. The van der Waals surface area contributed by atoms with Gasteiger partial charge < -0.3 is 21.3 Å². The SMILES string of the molecule is CC=CS(=O)CC(NC(=O)C(N)CCC(=O)O)C(=O)O. The molecule has 0 spiro atoms. The molecule has 0 aromatic heterocycles. The molecule has 3 atom stereocenters. The van der Waals surface area contributed by atoms with Crippen molar-refractivity contribution >= 4 is 28.6 Å². The van der Waals surface area contributed by atoms with E-state index in [1.165, 1.54) is 11.5 Å². The maximum Gasteiger partial charge on any atom is 0.327 e. The van der Waals surface area contributed by atoms with E-state index in [0.29, 0.717) is 0 Å². The van der Waals surface area contributed by atoms with E-state index >= 15 is 0 Å². The summed E-state index contributed by atoms with van der Waals surface area (Å²) in [6.45, 7) is 1.63. The molecule has 0 aliphatic heterocycles. The van der Waals surface area contributed by atoms with Crippen molar-refractivity contribution in [3.8, 4) is 0 Å². The number of hydrogen-bond donors (Lipinski definition) is 4. The molecule has 0 fully saturated rings. The smallest absolute Gasteiger partial charge is 0.327 e. The fourth-order valence-electron chi connectivity index (χ4n) is 1.24. The summed E-state index contributed by atoms with van der Waals surface area (Å²) in [6.07, 6.45) is 1.11. The van der Waals surface area contributed by atoms with Crippen LogP contribution in [0.2, 0.25) is 0 Å². The molecule has 0 rings (SSSR count). The monoisotopic (exact) mass is 306 g/mol. The number of carboxylic acid groups (broad SMARTS) is 2. The Morgan fingerprint density at radius 2 is 1.95 bits per heavy atom. The molecule has 0 saturated carbocycles. The van der Waals surface area contributed by atoms with Crippen molar-refractivity contribution < 1.29 is 28.8 Å². The molecular weight excluding hydrogens is 288 g/mol. The van der Waals surface area contributed by atoms with Gasteiger partial charge in [-0.05, 0) is 18.8 Å². The van der Waals surface area contributed by atoms with Crippen molar-refractivity contribution in [1.29, 1.82) is 0 Å². The summed E-state index contributed by atoms with van der Waals surface area (Å²) < 4.78 is 11.4. The number of allylic oxidation sites excluding steroid dienone is 1. The van der Waals surface area contributed by atoms with E-state index in [0.717, 1.165) is 0 Å². The van der Waals surface area contributed by atoms with Gasteiger partial charge in [0.2, 0.25) is 5.91 Å². The van der Waals surface area contributed by atoms with Gasteiger partial charge in [0, 0.05) is 17.2 Å². The van der Waals surface area contributed by atoms with Crippen LogP contribution in [-0.4, -0.2) is 50.1 Å². The molecular formula is C11H18N2O6S. The van der Waals surface area contributed by atoms with Crippen LogP contribution in [0.4, 0.5) is 0 Å². The molecule has 0 saturated heterocycles. The van der Waals surface area contributed by atoms with Crippen LogP contribution in [0, 0.1) is 0 Å². The number of nitrogens with one attached hydrogen (secondary N) is 1. The molecule has 9 heteroatoms. The second-order valence-electron chi connectivity index (χ2n) is 3.96. The maximum absolute atomic E-state index is 11.6. The number of hydrogen-bond acceptors (Lipinski definition) is 5. The van der Waals surface area contributed by atoms with Crippen LogP contribution in [0.25, 0.3) is 0 Å². The molecule has 114 valence electrons. The Morgan fingerprint density at radius 3 is 2.40 bits per heavy atom. The van der Waals surface area contributed by atoms with Crippen molar-refractivity contribution in [3.63, 3.8) is 0 Å². The molecule has 0 aliphatic carbocycles. The minimum absolute atomic E-state index is 0.106. The summed E-state index contributed by atoms with van der Waals surface area (Å²) >= 11 is 0. The third kappa shape index (κ3) is 7.64. The lowest BCUT2D eigenvalue weighted by Gasteiger charge is -2.16. The molecule has 0 heterocycles. The summed E-state index contributed by atoms with van der Waals surface area (Å²) in [5.41, 5.74) is 5.45. The second-order valence-corrected chi connectivity index (χ2v) is 5.32. The summed E-state index contributed by atoms with van der Waals surface area (Å²) in [5.74, 6) is -3.49. The molecule has 0 bridgehead atoms. The van der Waals surface area contributed by atoms with Gasteiger partial charge in [-0.2, -0.15) is 0 Å². The van der Waals surface area contributed by atoms with Gasteiger partial charge in [-0.1, -0.05) is 6.08 Å². The predicted molar refractivity (Wildman–Crippen MR) is 72.2 cm³/mol. The van der Waals surface area contributed by atoms with Gasteiger partial charge in [-0.15, -0.1) is 0 Å². The zero-order chi connectivity index (χ0) is 15.7. The predicted octanol–water partition coefficient (Wildman–Crippen LogP) is -0.970. The highest BCUT2D eigenvalue weighted by Crippen LogP contribution is 1.98. The van der Waals surface area contributed by atoms with Gasteiger partial charge in [0.05, 0.1) is 11.8 Å². The first-order chi connectivity index (χ1) is 9.27. The highest BCUT2D eigenvalue weighted by Gasteiger charge is 2.24. The third-order valence-electron chi connectivity index (χ3n) is 2.24. The minimum Gasteiger partial charge on any atom is -0.481 e. The van der Waals surface area contributed by atoms with E-state index in [1.807, 2.05) is 0 Å². The van der Waals surface area contributed by atoms with Crippen LogP contribution in [0.3, 0.4) is 0 Å². The van der Waals surface area contributed by atoms with E-state index in [2.05, 4.69) is 5.32 Å². The molecule has 0 radical (unpaired) electrons. The summed E-state index contributed by atoms with van der Waals surface area (Å²) in [5, 5.41) is 20.9. The van der Waals surface area contributed by atoms with E-state index in [-0.39, 0.29) is 18.6 Å². The molecule has 20 heavy (non-hydrogen) atoms. The zero-order valence-corrected chi connectivity index (χ0v) is 11.8. The normalized spacial score (nSPS) is 15.5. The molecule has 0 aliphatic rings. The summed E-state index contributed by atoms with van der Waals surface area (Å²) in [7, 11) is -1.52. The topological polar surface area (TPSA) is 147 Å². The maximum atomic E-state index is 11.6. The van der Waals surface area contributed by atoms with Crippen molar-refractivity contribution in [2.24, 2.45) is 5.73 Å². The fraction of sp³-hybridized carbons (Fsp3) is 0.545. The van der Waals surface area contributed by atoms with Gasteiger partial charge in [-0.25, -0.2) is 4.79 Å². The quantitative estimate of drug-likeness (QED) is 0.428. The van der Waals surface area contributed by atoms with E-state index in [9.17, 15) is 18.6 Å². The number of rotatable bonds is 9. The minimum atomic E-state index is -1.52. The summed E-state index contributed by atoms with van der Waals surface area (Å²) in [4.78, 5) is 32.9. The molecule has 0 aromatic rings. The Hall–Kier alpha value is -1.74. The Bertz CT molecular complexity index is 423. The lowest BCUT2D eigenvalue weighted by atomic mass is 10.1. The van der Waals surface area contributed by atoms with Crippen LogP contribution >= 0.6 is 0 Å². The molecule has 8 nitrogen and oxygen atoms in total. The zero-order valence-electron chi connectivity index (χ0n) is 10.9. The van der Waals surface area contributed by atoms with Gasteiger partial charge in [0.25, 0.3) is 0 Å². The Balaban J connectivity index is 4.51. The Kier molecular flexibility index (Phi) is 8.41. The van der Waals surface area contributed by atoms with Crippen LogP contribution in [-0.2, 0) is 25.2 Å². The summed E-state index contributed by atoms with van der Waals surface area (Å²) in [6, 6.07) is -2.46. The van der Waals surface area contributed by atoms with Crippen molar-refractivity contribution in [1.82, 2.24) is 5.32 Å². The standard InChI is InChI=1S/C11H18N2O6S/c1-2-5-20(19)6-8(11(17)18)13-10(16)7(12)3-4-9(14)15/h2,5,7-8H,3-4,6,12H2,1H3,(H,13,16)(H,14,15)(H,17,18). The Labute approximate surface area is 118 Å². The first kappa shape index (κ1) is 18.3. The lowest BCUT2D eigenvalue weighted by Crippen LogP contribution is -2.50. The first-order valence-corrected chi connectivity index (χ1v) is 7.16. The second kappa shape index (κ2) is 9.21. The number of aliphatic carboxylic acids is 2. The van der Waals surface area contributed by atoms with Crippen molar-refractivity contribution in [2.45, 2.75) is 31.8 Å². The van der Waals surface area contributed by atoms with E-state index in [1.54, 1.807) is 6.92 Å². The first-order valence-electron chi connectivity index (χ1n) is 5.78. The van der Waals surface area contributed by atoms with E-state index < -0.39 is 40.7 Å². The van der Waals surface area contributed by atoms with Gasteiger partial charge in [0.15, 0.2) is 0 Å². The van der Waals surface area contributed by atoms with Crippen molar-refractivity contribution in [3.05, 3.63) is 11.5 Å².